The van der Waals surface area contributed by atoms with Crippen molar-refractivity contribution in [3.05, 3.63) is 89.5 Å². The molecular formula is C28H33N5O4S. The van der Waals surface area contributed by atoms with Crippen LogP contribution in [0.25, 0.3) is 0 Å². The van der Waals surface area contributed by atoms with Crippen LogP contribution in [0.3, 0.4) is 0 Å². The average molecular weight is 536 g/mol. The highest BCUT2D eigenvalue weighted by molar-refractivity contribution is 8.00. The van der Waals surface area contributed by atoms with E-state index in [1.165, 1.54) is 29.2 Å². The predicted octanol–water partition coefficient (Wildman–Crippen LogP) is 2.42. The third-order valence-electron chi connectivity index (χ3n) is 6.78. The maximum absolute atomic E-state index is 13.7. The fourth-order valence-corrected chi connectivity index (χ4v) is 5.72. The molecule has 0 radical (unpaired) electrons. The van der Waals surface area contributed by atoms with Gasteiger partial charge < -0.3 is 25.6 Å². The van der Waals surface area contributed by atoms with Crippen molar-refractivity contribution in [3.8, 4) is 0 Å². The van der Waals surface area contributed by atoms with E-state index >= 15 is 0 Å². The minimum atomic E-state index is -1.57. The molecule has 4 N–H and O–H groups in total. The normalized spacial score (nSPS) is 18.0. The number of nitrogens with one attached hydrogen (secondary N) is 3. The molecule has 200 valence electrons. The van der Waals surface area contributed by atoms with Crippen LogP contribution in [0.5, 0.6) is 0 Å². The number of amides is 3. The van der Waals surface area contributed by atoms with Crippen molar-refractivity contribution in [2.75, 3.05) is 5.88 Å². The standard InChI is InChI=1S/C28H33N5O4S/c1-18-9-7-8-12-20(18)14-30-26(36)24-28(2,3)38-17-33(24)27(37)23(34)21(13-19-10-5-4-6-11-19)32-25(35)22-15-29-16-31-22/h4-12,15-16,21,23-24,34H,13-14,17H2,1-3H3,(H,29,31)(H,30,36)(H,32,35)/t21-,23-,24?/m0/s1. The Kier molecular flexibility index (Phi) is 8.53. The van der Waals surface area contributed by atoms with E-state index in [4.69, 9.17) is 0 Å². The molecule has 3 aromatic rings. The second kappa shape index (κ2) is 11.8. The number of imidazole rings is 1. The van der Waals surface area contributed by atoms with Gasteiger partial charge >= 0.3 is 0 Å². The maximum atomic E-state index is 13.7. The van der Waals surface area contributed by atoms with Crippen LogP contribution in [0.4, 0.5) is 0 Å². The summed E-state index contributed by atoms with van der Waals surface area (Å²) in [6, 6.07) is 15.4. The lowest BCUT2D eigenvalue weighted by Crippen LogP contribution is -2.58. The van der Waals surface area contributed by atoms with Gasteiger partial charge in [-0.05, 0) is 43.9 Å². The van der Waals surface area contributed by atoms with Gasteiger partial charge in [0.2, 0.25) is 5.91 Å². The Labute approximate surface area is 226 Å². The topological polar surface area (TPSA) is 127 Å². The lowest BCUT2D eigenvalue weighted by atomic mass is 9.97. The molecule has 0 aliphatic carbocycles. The molecule has 1 unspecified atom stereocenters. The Morgan fingerprint density at radius 2 is 1.87 bits per heavy atom. The van der Waals surface area contributed by atoms with Gasteiger partial charge in [-0.2, -0.15) is 0 Å². The zero-order valence-electron chi connectivity index (χ0n) is 21.7. The molecular weight excluding hydrogens is 502 g/mol. The number of hydrogen-bond donors (Lipinski definition) is 4. The van der Waals surface area contributed by atoms with Gasteiger partial charge in [0.15, 0.2) is 6.10 Å². The fraction of sp³-hybridized carbons (Fsp3) is 0.357. The monoisotopic (exact) mass is 535 g/mol. The number of aliphatic hydroxyl groups is 1. The number of hydrogen-bond acceptors (Lipinski definition) is 6. The van der Waals surface area contributed by atoms with Crippen LogP contribution >= 0.6 is 11.8 Å². The molecule has 1 aliphatic rings. The van der Waals surface area contributed by atoms with Crippen LogP contribution in [-0.4, -0.2) is 66.5 Å². The second-order valence-corrected chi connectivity index (χ2v) is 11.5. The van der Waals surface area contributed by atoms with E-state index in [1.807, 2.05) is 75.4 Å². The highest BCUT2D eigenvalue weighted by atomic mass is 32.2. The largest absolute Gasteiger partial charge is 0.381 e. The number of aryl methyl sites for hydroxylation is 1. The molecule has 0 bridgehead atoms. The Balaban J connectivity index is 1.52. The number of carbonyl (C=O) groups is 3. The van der Waals surface area contributed by atoms with Crippen LogP contribution in [0, 0.1) is 6.92 Å². The molecule has 0 spiro atoms. The first-order valence-electron chi connectivity index (χ1n) is 12.5. The Bertz CT molecular complexity index is 1270. The number of nitrogens with zero attached hydrogens (tertiary/aromatic N) is 2. The minimum Gasteiger partial charge on any atom is -0.381 e. The van der Waals surface area contributed by atoms with Crippen LogP contribution in [0.2, 0.25) is 0 Å². The van der Waals surface area contributed by atoms with Gasteiger partial charge in [0.1, 0.15) is 11.7 Å². The van der Waals surface area contributed by atoms with E-state index in [2.05, 4.69) is 20.6 Å². The van der Waals surface area contributed by atoms with Crippen LogP contribution < -0.4 is 10.6 Å². The molecule has 3 atom stereocenters. The number of benzene rings is 2. The number of rotatable bonds is 9. The molecule has 1 aromatic heterocycles. The summed E-state index contributed by atoms with van der Waals surface area (Å²) >= 11 is 1.47. The molecule has 2 heterocycles. The first kappa shape index (κ1) is 27.4. The second-order valence-electron chi connectivity index (χ2n) is 9.91. The van der Waals surface area contributed by atoms with Crippen molar-refractivity contribution in [2.24, 2.45) is 0 Å². The van der Waals surface area contributed by atoms with Gasteiger partial charge in [-0.15, -0.1) is 11.8 Å². The Morgan fingerprint density at radius 1 is 1.16 bits per heavy atom. The number of aromatic nitrogens is 2. The summed E-state index contributed by atoms with van der Waals surface area (Å²) in [5.41, 5.74) is 3.12. The number of aliphatic hydroxyl groups excluding tert-OH is 1. The zero-order valence-corrected chi connectivity index (χ0v) is 22.5. The van der Waals surface area contributed by atoms with E-state index in [-0.39, 0.29) is 23.9 Å². The van der Waals surface area contributed by atoms with Crippen molar-refractivity contribution in [1.29, 1.82) is 0 Å². The molecule has 2 aromatic carbocycles. The van der Waals surface area contributed by atoms with Gasteiger partial charge in [0, 0.05) is 11.3 Å². The molecule has 38 heavy (non-hydrogen) atoms. The quantitative estimate of drug-likeness (QED) is 0.333. The summed E-state index contributed by atoms with van der Waals surface area (Å²) in [5.74, 6) is -1.13. The summed E-state index contributed by atoms with van der Waals surface area (Å²) in [4.78, 5) is 47.9. The van der Waals surface area contributed by atoms with Crippen molar-refractivity contribution in [2.45, 2.75) is 56.7 Å². The molecule has 4 rings (SSSR count). The molecule has 1 fully saturated rings. The molecule has 0 saturated carbocycles. The summed E-state index contributed by atoms with van der Waals surface area (Å²) in [6.45, 7) is 6.14. The van der Waals surface area contributed by atoms with Crippen molar-refractivity contribution >= 4 is 29.5 Å². The van der Waals surface area contributed by atoms with E-state index in [0.717, 1.165) is 16.7 Å². The SMILES string of the molecule is Cc1ccccc1CNC(=O)C1N(C(=O)[C@@H](O)[C@H](Cc2ccccc2)NC(=O)c2cnc[nH]2)CSC1(C)C. The van der Waals surface area contributed by atoms with Gasteiger partial charge in [-0.3, -0.25) is 14.4 Å². The highest BCUT2D eigenvalue weighted by Crippen LogP contribution is 2.40. The van der Waals surface area contributed by atoms with E-state index in [0.29, 0.717) is 6.54 Å². The summed E-state index contributed by atoms with van der Waals surface area (Å²) in [5, 5.41) is 17.0. The van der Waals surface area contributed by atoms with Crippen molar-refractivity contribution in [3.63, 3.8) is 0 Å². The van der Waals surface area contributed by atoms with Gasteiger partial charge in [-0.1, -0.05) is 54.6 Å². The van der Waals surface area contributed by atoms with E-state index < -0.39 is 34.7 Å². The first-order chi connectivity index (χ1) is 18.2. The van der Waals surface area contributed by atoms with E-state index in [9.17, 15) is 19.5 Å². The van der Waals surface area contributed by atoms with Gasteiger partial charge in [-0.25, -0.2) is 4.98 Å². The highest BCUT2D eigenvalue weighted by Gasteiger charge is 2.49. The lowest BCUT2D eigenvalue weighted by molar-refractivity contribution is -0.147. The summed E-state index contributed by atoms with van der Waals surface area (Å²) in [7, 11) is 0. The van der Waals surface area contributed by atoms with Crippen LogP contribution in [-0.2, 0) is 22.6 Å². The van der Waals surface area contributed by atoms with Crippen LogP contribution in [0.15, 0.2) is 67.1 Å². The van der Waals surface area contributed by atoms with Gasteiger partial charge in [0.25, 0.3) is 11.8 Å². The van der Waals surface area contributed by atoms with Crippen molar-refractivity contribution in [1.82, 2.24) is 25.5 Å². The van der Waals surface area contributed by atoms with E-state index in [1.54, 1.807) is 0 Å². The number of carbonyl (C=O) groups excluding carboxylic acids is 3. The Hall–Kier alpha value is -3.63. The zero-order chi connectivity index (χ0) is 27.3. The van der Waals surface area contributed by atoms with Crippen molar-refractivity contribution < 1.29 is 19.5 Å². The lowest BCUT2D eigenvalue weighted by Gasteiger charge is -2.33. The predicted molar refractivity (Wildman–Crippen MR) is 146 cm³/mol. The third kappa shape index (κ3) is 6.25. The third-order valence-corrected chi connectivity index (χ3v) is 8.16. The average Bonchev–Trinajstić information content (AvgIpc) is 3.55. The number of aromatic amines is 1. The molecule has 1 saturated heterocycles. The molecule has 1 aliphatic heterocycles. The van der Waals surface area contributed by atoms with Gasteiger partial charge in [0.05, 0.1) is 24.4 Å². The first-order valence-corrected chi connectivity index (χ1v) is 13.4. The minimum absolute atomic E-state index is 0.217. The summed E-state index contributed by atoms with van der Waals surface area (Å²) in [6.07, 6.45) is 1.41. The smallest absolute Gasteiger partial charge is 0.269 e. The number of H-pyrrole nitrogens is 1. The molecule has 9 nitrogen and oxygen atoms in total. The maximum Gasteiger partial charge on any atom is 0.269 e. The fourth-order valence-electron chi connectivity index (χ4n) is 4.58. The number of thioether (sulfide) groups is 1. The summed E-state index contributed by atoms with van der Waals surface area (Å²) < 4.78 is -0.570. The Morgan fingerprint density at radius 3 is 2.55 bits per heavy atom. The van der Waals surface area contributed by atoms with Crippen LogP contribution in [0.1, 0.15) is 41.0 Å². The molecule has 3 amide bonds. The molecule has 10 heteroatoms.